The highest BCUT2D eigenvalue weighted by molar-refractivity contribution is 9.10. The Morgan fingerprint density at radius 3 is 2.50 bits per heavy atom. The van der Waals surface area contributed by atoms with Gasteiger partial charge in [0.15, 0.2) is 5.75 Å². The Hall–Kier alpha value is -1.83. The lowest BCUT2D eigenvalue weighted by molar-refractivity contribution is -0.141. The normalized spacial score (nSPS) is 11.4. The predicted molar refractivity (Wildman–Crippen MR) is 67.8 cm³/mol. The van der Waals surface area contributed by atoms with Gasteiger partial charge in [0.2, 0.25) is 0 Å². The minimum Gasteiger partial charge on any atom is -0.454 e. The van der Waals surface area contributed by atoms with Crippen LogP contribution < -0.4 is 10.5 Å². The van der Waals surface area contributed by atoms with Crippen LogP contribution in [-0.2, 0) is 6.18 Å². The molecule has 0 bridgehead atoms. The number of ether oxygens (including phenoxy) is 1. The summed E-state index contributed by atoms with van der Waals surface area (Å²) in [5, 5.41) is 0. The molecule has 0 saturated heterocycles. The molecule has 2 aromatic rings. The fraction of sp³-hybridized carbons (Fsp3) is 0.0833. The third-order valence-electron chi connectivity index (χ3n) is 2.30. The Kier molecular flexibility index (Phi) is 3.85. The number of aromatic nitrogens is 1. The molecule has 0 saturated carbocycles. The Labute approximate surface area is 119 Å². The first-order valence-electron chi connectivity index (χ1n) is 5.23. The van der Waals surface area contributed by atoms with Crippen LogP contribution >= 0.6 is 15.9 Å². The fourth-order valence-electron chi connectivity index (χ4n) is 1.36. The summed E-state index contributed by atoms with van der Waals surface area (Å²) < 4.78 is 56.3. The van der Waals surface area contributed by atoms with Crippen molar-refractivity contribution in [1.29, 1.82) is 0 Å². The number of hydrogen-bond donors (Lipinski definition) is 1. The van der Waals surface area contributed by atoms with E-state index in [4.69, 9.17) is 10.5 Å². The summed E-state index contributed by atoms with van der Waals surface area (Å²) in [6.45, 7) is 0. The molecule has 1 aromatic carbocycles. The first-order valence-corrected chi connectivity index (χ1v) is 6.02. The number of nitrogen functional groups attached to an aromatic ring is 1. The molecule has 106 valence electrons. The van der Waals surface area contributed by atoms with Crippen molar-refractivity contribution in [2.24, 2.45) is 0 Å². The van der Waals surface area contributed by atoms with Gasteiger partial charge in [-0.15, -0.1) is 0 Å². The zero-order valence-corrected chi connectivity index (χ0v) is 11.3. The van der Waals surface area contributed by atoms with E-state index in [9.17, 15) is 17.6 Å². The minimum atomic E-state index is -4.62. The van der Waals surface area contributed by atoms with Crippen molar-refractivity contribution in [3.8, 4) is 11.5 Å². The average molecular weight is 351 g/mol. The number of rotatable bonds is 2. The molecule has 0 radical (unpaired) electrons. The summed E-state index contributed by atoms with van der Waals surface area (Å²) in [4.78, 5) is 3.18. The molecule has 0 aliphatic rings. The summed E-state index contributed by atoms with van der Waals surface area (Å²) in [7, 11) is 0. The molecule has 8 heteroatoms. The summed E-state index contributed by atoms with van der Waals surface area (Å²) >= 11 is 3.10. The molecule has 2 N–H and O–H groups in total. The second kappa shape index (κ2) is 5.28. The third-order valence-corrected chi connectivity index (χ3v) is 2.95. The van der Waals surface area contributed by atoms with Crippen molar-refractivity contribution >= 4 is 21.6 Å². The molecule has 0 spiro atoms. The van der Waals surface area contributed by atoms with Crippen molar-refractivity contribution in [1.82, 2.24) is 4.98 Å². The van der Waals surface area contributed by atoms with Gasteiger partial charge in [0.25, 0.3) is 0 Å². The molecule has 0 aliphatic heterocycles. The quantitative estimate of drug-likeness (QED) is 0.817. The summed E-state index contributed by atoms with van der Waals surface area (Å²) in [6, 6.07) is 4.23. The second-order valence-corrected chi connectivity index (χ2v) is 4.64. The van der Waals surface area contributed by atoms with Gasteiger partial charge in [-0.2, -0.15) is 13.2 Å². The Balaban J connectivity index is 2.40. The predicted octanol–water partition coefficient (Wildman–Crippen LogP) is 4.38. The second-order valence-electron chi connectivity index (χ2n) is 3.78. The number of nitrogens with zero attached hydrogens (tertiary/aromatic N) is 1. The van der Waals surface area contributed by atoms with Crippen molar-refractivity contribution in [3.63, 3.8) is 0 Å². The SMILES string of the molecule is Nc1cnc(C(F)(F)F)cc1Oc1cc(F)ccc1Br. The van der Waals surface area contributed by atoms with Gasteiger partial charge >= 0.3 is 6.18 Å². The minimum absolute atomic E-state index is 0.0102. The molecule has 1 heterocycles. The first-order chi connectivity index (χ1) is 9.27. The summed E-state index contributed by atoms with van der Waals surface area (Å²) in [5.74, 6) is -0.832. The Morgan fingerprint density at radius 1 is 1.15 bits per heavy atom. The van der Waals surface area contributed by atoms with Crippen LogP contribution in [0.1, 0.15) is 5.69 Å². The lowest BCUT2D eigenvalue weighted by Gasteiger charge is -2.12. The highest BCUT2D eigenvalue weighted by Crippen LogP contribution is 2.36. The van der Waals surface area contributed by atoms with Crippen LogP contribution in [0.5, 0.6) is 11.5 Å². The molecule has 0 atom stereocenters. The highest BCUT2D eigenvalue weighted by atomic mass is 79.9. The van der Waals surface area contributed by atoms with Crippen LogP contribution in [0.2, 0.25) is 0 Å². The van der Waals surface area contributed by atoms with E-state index in [1.54, 1.807) is 0 Å². The lowest BCUT2D eigenvalue weighted by Crippen LogP contribution is -2.08. The van der Waals surface area contributed by atoms with Gasteiger partial charge < -0.3 is 10.5 Å². The van der Waals surface area contributed by atoms with E-state index in [1.807, 2.05) is 0 Å². The topological polar surface area (TPSA) is 48.1 Å². The van der Waals surface area contributed by atoms with Crippen LogP contribution in [0.15, 0.2) is 34.9 Å². The largest absolute Gasteiger partial charge is 0.454 e. The molecule has 0 aliphatic carbocycles. The zero-order chi connectivity index (χ0) is 14.9. The first kappa shape index (κ1) is 14.6. The maximum absolute atomic E-state index is 13.1. The van der Waals surface area contributed by atoms with Gasteiger partial charge in [-0.05, 0) is 28.1 Å². The standard InChI is InChI=1S/C12H7BrF4N2O/c13-7-2-1-6(14)3-9(7)20-10-4-11(12(15,16)17)19-5-8(10)18/h1-5H,18H2. The summed E-state index contributed by atoms with van der Waals surface area (Å²) in [6.07, 6.45) is -3.78. The molecule has 3 nitrogen and oxygen atoms in total. The van der Waals surface area contributed by atoms with Gasteiger partial charge in [-0.3, -0.25) is 0 Å². The molecule has 1 aromatic heterocycles. The fourth-order valence-corrected chi connectivity index (χ4v) is 1.69. The van der Waals surface area contributed by atoms with E-state index in [1.165, 1.54) is 12.1 Å². The van der Waals surface area contributed by atoms with Gasteiger partial charge in [-0.25, -0.2) is 9.37 Å². The molecule has 2 rings (SSSR count). The van der Waals surface area contributed by atoms with Crippen molar-refractivity contribution < 1.29 is 22.3 Å². The van der Waals surface area contributed by atoms with Gasteiger partial charge in [0, 0.05) is 12.1 Å². The maximum atomic E-state index is 13.1. The van der Waals surface area contributed by atoms with Crippen LogP contribution in [0.4, 0.5) is 23.2 Å². The van der Waals surface area contributed by atoms with E-state index < -0.39 is 17.7 Å². The van der Waals surface area contributed by atoms with E-state index in [0.29, 0.717) is 10.5 Å². The van der Waals surface area contributed by atoms with E-state index in [2.05, 4.69) is 20.9 Å². The number of benzene rings is 1. The number of nitrogens with two attached hydrogens (primary N) is 1. The van der Waals surface area contributed by atoms with Crippen LogP contribution in [0, 0.1) is 5.82 Å². The molecular formula is C12H7BrF4N2O. The smallest absolute Gasteiger partial charge is 0.433 e. The van der Waals surface area contributed by atoms with Crippen molar-refractivity contribution in [2.75, 3.05) is 5.73 Å². The molecule has 0 amide bonds. The van der Waals surface area contributed by atoms with E-state index in [0.717, 1.165) is 12.3 Å². The Bertz CT molecular complexity index is 646. The summed E-state index contributed by atoms with van der Waals surface area (Å²) in [5.41, 5.74) is 4.27. The molecule has 0 unspecified atom stereocenters. The van der Waals surface area contributed by atoms with Crippen molar-refractivity contribution in [2.45, 2.75) is 6.18 Å². The lowest BCUT2D eigenvalue weighted by atomic mass is 10.3. The average Bonchev–Trinajstić information content (AvgIpc) is 2.35. The number of pyridine rings is 1. The maximum Gasteiger partial charge on any atom is 0.433 e. The number of alkyl halides is 3. The Morgan fingerprint density at radius 2 is 1.85 bits per heavy atom. The third kappa shape index (κ3) is 3.19. The van der Waals surface area contributed by atoms with Crippen LogP contribution in [0.25, 0.3) is 0 Å². The van der Waals surface area contributed by atoms with Gasteiger partial charge in [0.05, 0.1) is 16.4 Å². The number of anilines is 1. The van der Waals surface area contributed by atoms with Gasteiger partial charge in [0.1, 0.15) is 17.3 Å². The molecular weight excluding hydrogens is 344 g/mol. The number of halogens is 5. The van der Waals surface area contributed by atoms with Crippen LogP contribution in [-0.4, -0.2) is 4.98 Å². The van der Waals surface area contributed by atoms with E-state index >= 15 is 0 Å². The molecule has 0 fully saturated rings. The zero-order valence-electron chi connectivity index (χ0n) is 9.71. The van der Waals surface area contributed by atoms with Crippen molar-refractivity contribution in [3.05, 3.63) is 46.4 Å². The van der Waals surface area contributed by atoms with Crippen LogP contribution in [0.3, 0.4) is 0 Å². The number of hydrogen-bond acceptors (Lipinski definition) is 3. The van der Waals surface area contributed by atoms with Gasteiger partial charge in [-0.1, -0.05) is 0 Å². The molecule has 20 heavy (non-hydrogen) atoms. The highest BCUT2D eigenvalue weighted by Gasteiger charge is 2.33. The van der Waals surface area contributed by atoms with E-state index in [-0.39, 0.29) is 17.2 Å². The monoisotopic (exact) mass is 350 g/mol.